The van der Waals surface area contributed by atoms with Crippen molar-refractivity contribution in [3.05, 3.63) is 12.7 Å². The van der Waals surface area contributed by atoms with Crippen LogP contribution < -0.4 is 0 Å². The van der Waals surface area contributed by atoms with Crippen LogP contribution in [-0.2, 0) is 9.47 Å². The number of hydrogen-bond acceptors (Lipinski definition) is 3. The lowest BCUT2D eigenvalue weighted by atomic mass is 10.3. The lowest BCUT2D eigenvalue weighted by Gasteiger charge is -2.12. The van der Waals surface area contributed by atoms with Crippen LogP contribution in [0.4, 0.5) is 0 Å². The van der Waals surface area contributed by atoms with E-state index >= 15 is 0 Å². The van der Waals surface area contributed by atoms with Crippen LogP contribution in [0, 0.1) is 0 Å². The van der Waals surface area contributed by atoms with Gasteiger partial charge < -0.3 is 14.6 Å². The maximum atomic E-state index is 8.40. The average Bonchev–Trinajstić information content (AvgIpc) is 2.03. The Morgan fingerprint density at radius 3 is 2.82 bits per heavy atom. The Morgan fingerprint density at radius 1 is 1.64 bits per heavy atom. The molecule has 0 spiro atoms. The topological polar surface area (TPSA) is 38.7 Å². The Labute approximate surface area is 67.6 Å². The summed E-state index contributed by atoms with van der Waals surface area (Å²) in [6.07, 6.45) is 2.64. The molecule has 66 valence electrons. The second-order valence-corrected chi connectivity index (χ2v) is 2.18. The molecule has 0 aromatic carbocycles. The first-order chi connectivity index (χ1) is 5.35. The largest absolute Gasteiger partial charge is 0.394 e. The molecule has 0 amide bonds. The monoisotopic (exact) mass is 160 g/mol. The van der Waals surface area contributed by atoms with Crippen LogP contribution in [0.15, 0.2) is 12.7 Å². The number of aliphatic hydroxyl groups excluding tert-OH is 1. The van der Waals surface area contributed by atoms with Gasteiger partial charge in [0.25, 0.3) is 0 Å². The van der Waals surface area contributed by atoms with Crippen molar-refractivity contribution < 1.29 is 14.6 Å². The summed E-state index contributed by atoms with van der Waals surface area (Å²) in [5.41, 5.74) is 0. The van der Waals surface area contributed by atoms with Gasteiger partial charge in [-0.05, 0) is 6.42 Å². The molecule has 0 saturated carbocycles. The maximum Gasteiger partial charge on any atom is 0.0838 e. The highest BCUT2D eigenvalue weighted by Gasteiger charge is 2.03. The number of rotatable bonds is 7. The van der Waals surface area contributed by atoms with Gasteiger partial charge in [-0.25, -0.2) is 0 Å². The molecule has 0 fully saturated rings. The van der Waals surface area contributed by atoms with Crippen LogP contribution in [0.2, 0.25) is 0 Å². The molecule has 0 saturated heterocycles. The summed E-state index contributed by atoms with van der Waals surface area (Å²) >= 11 is 0. The molecular weight excluding hydrogens is 144 g/mol. The van der Waals surface area contributed by atoms with E-state index in [9.17, 15) is 0 Å². The third kappa shape index (κ3) is 6.04. The molecule has 0 aliphatic heterocycles. The van der Waals surface area contributed by atoms with Gasteiger partial charge in [0.15, 0.2) is 0 Å². The molecule has 11 heavy (non-hydrogen) atoms. The predicted molar refractivity (Wildman–Crippen MR) is 43.5 cm³/mol. The van der Waals surface area contributed by atoms with Crippen molar-refractivity contribution in [2.45, 2.75) is 12.5 Å². The fourth-order valence-corrected chi connectivity index (χ4v) is 0.698. The van der Waals surface area contributed by atoms with Gasteiger partial charge in [-0.2, -0.15) is 0 Å². The van der Waals surface area contributed by atoms with Crippen molar-refractivity contribution in [1.82, 2.24) is 0 Å². The zero-order valence-corrected chi connectivity index (χ0v) is 6.95. The summed E-state index contributed by atoms with van der Waals surface area (Å²) in [6, 6.07) is 0. The minimum absolute atomic E-state index is 0.0600. The van der Waals surface area contributed by atoms with Gasteiger partial charge in [-0.3, -0.25) is 0 Å². The summed E-state index contributed by atoms with van der Waals surface area (Å²) in [7, 11) is 1.64. The number of aliphatic hydroxyl groups is 1. The number of methoxy groups -OCH3 is 1. The molecule has 3 heteroatoms. The summed E-state index contributed by atoms with van der Waals surface area (Å²) in [6.45, 7) is 4.54. The highest BCUT2D eigenvalue weighted by atomic mass is 16.5. The zero-order chi connectivity index (χ0) is 8.53. The molecule has 0 bridgehead atoms. The van der Waals surface area contributed by atoms with E-state index in [-0.39, 0.29) is 12.7 Å². The minimum atomic E-state index is 0.0600. The Bertz CT molecular complexity index is 93.3. The Kier molecular flexibility index (Phi) is 7.46. The average molecular weight is 160 g/mol. The lowest BCUT2D eigenvalue weighted by Crippen LogP contribution is -2.18. The van der Waals surface area contributed by atoms with Crippen LogP contribution >= 0.6 is 0 Å². The molecule has 0 heterocycles. The Balaban J connectivity index is 3.27. The van der Waals surface area contributed by atoms with Gasteiger partial charge in [0, 0.05) is 7.11 Å². The standard InChI is InChI=1S/C8H16O3/c1-3-4-8(10-2)7-11-6-5-9/h3,8-9H,1,4-7H2,2H3. The van der Waals surface area contributed by atoms with E-state index in [0.29, 0.717) is 13.2 Å². The molecule has 0 rings (SSSR count). The van der Waals surface area contributed by atoms with Gasteiger partial charge in [-0.1, -0.05) is 6.08 Å². The van der Waals surface area contributed by atoms with E-state index < -0.39 is 0 Å². The second kappa shape index (κ2) is 7.72. The fourth-order valence-electron chi connectivity index (χ4n) is 0.698. The molecular formula is C8H16O3. The van der Waals surface area contributed by atoms with E-state index in [2.05, 4.69) is 6.58 Å². The summed E-state index contributed by atoms with van der Waals surface area (Å²) in [5.74, 6) is 0. The first-order valence-electron chi connectivity index (χ1n) is 3.67. The van der Waals surface area contributed by atoms with E-state index in [4.69, 9.17) is 14.6 Å². The molecule has 0 aliphatic carbocycles. The van der Waals surface area contributed by atoms with Gasteiger partial charge in [0.05, 0.1) is 25.9 Å². The van der Waals surface area contributed by atoms with Crippen molar-refractivity contribution >= 4 is 0 Å². The van der Waals surface area contributed by atoms with E-state index in [1.54, 1.807) is 13.2 Å². The molecule has 0 radical (unpaired) electrons. The molecule has 0 aromatic rings. The normalized spacial score (nSPS) is 12.9. The van der Waals surface area contributed by atoms with Crippen LogP contribution in [0.1, 0.15) is 6.42 Å². The number of ether oxygens (including phenoxy) is 2. The van der Waals surface area contributed by atoms with Gasteiger partial charge in [-0.15, -0.1) is 6.58 Å². The van der Waals surface area contributed by atoms with E-state index in [0.717, 1.165) is 6.42 Å². The van der Waals surface area contributed by atoms with E-state index in [1.807, 2.05) is 0 Å². The third-order valence-corrected chi connectivity index (χ3v) is 1.30. The minimum Gasteiger partial charge on any atom is -0.394 e. The van der Waals surface area contributed by atoms with Crippen LogP contribution in [-0.4, -0.2) is 38.1 Å². The van der Waals surface area contributed by atoms with Gasteiger partial charge in [0.2, 0.25) is 0 Å². The van der Waals surface area contributed by atoms with Crippen molar-refractivity contribution in [3.8, 4) is 0 Å². The predicted octanol–water partition coefficient (Wildman–Crippen LogP) is 0.586. The third-order valence-electron chi connectivity index (χ3n) is 1.30. The first kappa shape index (κ1) is 10.6. The lowest BCUT2D eigenvalue weighted by molar-refractivity contribution is -0.000136. The summed E-state index contributed by atoms with van der Waals surface area (Å²) in [4.78, 5) is 0. The Hall–Kier alpha value is -0.380. The van der Waals surface area contributed by atoms with Gasteiger partial charge >= 0.3 is 0 Å². The van der Waals surface area contributed by atoms with Crippen molar-refractivity contribution in [3.63, 3.8) is 0 Å². The highest BCUT2D eigenvalue weighted by Crippen LogP contribution is 1.97. The smallest absolute Gasteiger partial charge is 0.0838 e. The molecule has 1 unspecified atom stereocenters. The molecule has 1 N–H and O–H groups in total. The van der Waals surface area contributed by atoms with E-state index in [1.165, 1.54) is 0 Å². The second-order valence-electron chi connectivity index (χ2n) is 2.18. The fraction of sp³-hybridized carbons (Fsp3) is 0.750. The van der Waals surface area contributed by atoms with Crippen LogP contribution in [0.3, 0.4) is 0 Å². The summed E-state index contributed by atoms with van der Waals surface area (Å²) < 4.78 is 10.1. The Morgan fingerprint density at radius 2 is 2.36 bits per heavy atom. The molecule has 3 nitrogen and oxygen atoms in total. The quantitative estimate of drug-likeness (QED) is 0.437. The van der Waals surface area contributed by atoms with Crippen molar-refractivity contribution in [2.75, 3.05) is 26.9 Å². The summed E-state index contributed by atoms with van der Waals surface area (Å²) in [5, 5.41) is 8.40. The van der Waals surface area contributed by atoms with Crippen LogP contribution in [0.25, 0.3) is 0 Å². The molecule has 1 atom stereocenters. The number of hydrogen-bond donors (Lipinski definition) is 1. The van der Waals surface area contributed by atoms with Crippen molar-refractivity contribution in [1.29, 1.82) is 0 Å². The van der Waals surface area contributed by atoms with Crippen molar-refractivity contribution in [2.24, 2.45) is 0 Å². The van der Waals surface area contributed by atoms with Crippen LogP contribution in [0.5, 0.6) is 0 Å². The SMILES string of the molecule is C=CCC(COCCO)OC. The van der Waals surface area contributed by atoms with Gasteiger partial charge in [0.1, 0.15) is 0 Å². The molecule has 0 aliphatic rings. The zero-order valence-electron chi connectivity index (χ0n) is 6.95. The maximum absolute atomic E-state index is 8.40. The highest BCUT2D eigenvalue weighted by molar-refractivity contribution is 4.72. The first-order valence-corrected chi connectivity index (χ1v) is 3.67. The molecule has 0 aromatic heterocycles.